The van der Waals surface area contributed by atoms with Gasteiger partial charge in [-0.25, -0.2) is 4.98 Å². The Labute approximate surface area is 173 Å². The zero-order chi connectivity index (χ0) is 19.9. The number of hydrogen-bond acceptors (Lipinski definition) is 4. The van der Waals surface area contributed by atoms with Crippen molar-refractivity contribution in [2.24, 2.45) is 0 Å². The van der Waals surface area contributed by atoms with E-state index >= 15 is 0 Å². The summed E-state index contributed by atoms with van der Waals surface area (Å²) < 4.78 is 6.61. The largest absolute Gasteiger partial charge is 0.439 e. The topological polar surface area (TPSA) is 54.5 Å². The summed E-state index contributed by atoms with van der Waals surface area (Å²) in [6.07, 6.45) is 1.52. The maximum Gasteiger partial charge on any atom is 0.253 e. The van der Waals surface area contributed by atoms with Crippen LogP contribution in [0.4, 0.5) is 0 Å². The van der Waals surface area contributed by atoms with Crippen molar-refractivity contribution in [3.63, 3.8) is 0 Å². The number of carbonyl (C=O) groups excluding carboxylic acids is 1. The summed E-state index contributed by atoms with van der Waals surface area (Å²) in [5.41, 5.74) is 2.79. The smallest absolute Gasteiger partial charge is 0.253 e. The number of pyridine rings is 1. The highest BCUT2D eigenvalue weighted by molar-refractivity contribution is 9.10. The van der Waals surface area contributed by atoms with E-state index in [1.807, 2.05) is 50.5 Å². The molecular formula is C22H22BrN3O2. The monoisotopic (exact) mass is 439 g/mol. The van der Waals surface area contributed by atoms with E-state index in [4.69, 9.17) is 4.74 Å². The van der Waals surface area contributed by atoms with E-state index in [1.54, 1.807) is 12.1 Å². The quantitative estimate of drug-likeness (QED) is 0.582. The lowest BCUT2D eigenvalue weighted by Crippen LogP contribution is -2.22. The van der Waals surface area contributed by atoms with Crippen LogP contribution in [0, 0.1) is 0 Å². The second kappa shape index (κ2) is 9.48. The number of nitrogens with zero attached hydrogens (tertiary/aromatic N) is 2. The molecule has 0 unspecified atom stereocenters. The number of rotatable bonds is 7. The van der Waals surface area contributed by atoms with Gasteiger partial charge >= 0.3 is 0 Å². The second-order valence-corrected chi connectivity index (χ2v) is 7.60. The summed E-state index contributed by atoms with van der Waals surface area (Å²) in [6.45, 7) is 1.37. The third-order valence-electron chi connectivity index (χ3n) is 3.99. The Morgan fingerprint density at radius 1 is 1.07 bits per heavy atom. The highest BCUT2D eigenvalue weighted by Crippen LogP contribution is 2.23. The van der Waals surface area contributed by atoms with Crippen molar-refractivity contribution in [1.29, 1.82) is 0 Å². The minimum Gasteiger partial charge on any atom is -0.439 e. The van der Waals surface area contributed by atoms with Gasteiger partial charge in [0.25, 0.3) is 5.91 Å². The van der Waals surface area contributed by atoms with Gasteiger partial charge in [0.05, 0.1) is 5.56 Å². The Bertz CT molecular complexity index is 925. The van der Waals surface area contributed by atoms with Crippen LogP contribution in [0.1, 0.15) is 21.5 Å². The van der Waals surface area contributed by atoms with Gasteiger partial charge in [-0.2, -0.15) is 0 Å². The third kappa shape index (κ3) is 5.90. The summed E-state index contributed by atoms with van der Waals surface area (Å²) in [4.78, 5) is 18.7. The molecule has 1 aromatic heterocycles. The highest BCUT2D eigenvalue weighted by Gasteiger charge is 2.07. The molecule has 0 saturated heterocycles. The molecule has 0 saturated carbocycles. The number of carbonyl (C=O) groups is 1. The Hall–Kier alpha value is -2.70. The summed E-state index contributed by atoms with van der Waals surface area (Å²) in [6, 6.07) is 19.1. The van der Waals surface area contributed by atoms with Gasteiger partial charge in [0, 0.05) is 29.8 Å². The summed E-state index contributed by atoms with van der Waals surface area (Å²) in [5, 5.41) is 2.92. The van der Waals surface area contributed by atoms with Gasteiger partial charge in [-0.05, 0) is 49.5 Å². The van der Waals surface area contributed by atoms with Gasteiger partial charge in [0.15, 0.2) is 0 Å². The second-order valence-electron chi connectivity index (χ2n) is 6.68. The zero-order valence-corrected chi connectivity index (χ0v) is 17.4. The lowest BCUT2D eigenvalue weighted by atomic mass is 10.1. The molecule has 3 aromatic rings. The normalized spacial score (nSPS) is 10.7. The van der Waals surface area contributed by atoms with Crippen molar-refractivity contribution in [2.45, 2.75) is 13.1 Å². The first-order valence-electron chi connectivity index (χ1n) is 8.90. The number of halogens is 1. The molecule has 0 spiro atoms. The van der Waals surface area contributed by atoms with E-state index in [2.05, 4.69) is 43.3 Å². The molecule has 2 aromatic carbocycles. The first kappa shape index (κ1) is 20.0. The molecule has 0 radical (unpaired) electrons. The molecule has 6 heteroatoms. The van der Waals surface area contributed by atoms with Crippen molar-refractivity contribution in [1.82, 2.24) is 15.2 Å². The maximum absolute atomic E-state index is 12.3. The van der Waals surface area contributed by atoms with Crippen molar-refractivity contribution in [2.75, 3.05) is 14.1 Å². The average Bonchev–Trinajstić information content (AvgIpc) is 2.67. The average molecular weight is 440 g/mol. The van der Waals surface area contributed by atoms with Crippen molar-refractivity contribution < 1.29 is 9.53 Å². The molecule has 5 nitrogen and oxygen atoms in total. The van der Waals surface area contributed by atoms with Crippen LogP contribution in [0.15, 0.2) is 71.3 Å². The van der Waals surface area contributed by atoms with Gasteiger partial charge in [0.1, 0.15) is 5.75 Å². The minimum absolute atomic E-state index is 0.168. The third-order valence-corrected chi connectivity index (χ3v) is 4.49. The number of ether oxygens (including phenoxy) is 1. The molecular weight excluding hydrogens is 418 g/mol. The number of aromatic nitrogens is 1. The van der Waals surface area contributed by atoms with Crippen LogP contribution in [0.5, 0.6) is 11.6 Å². The molecule has 1 N–H and O–H groups in total. The Balaban J connectivity index is 1.54. The number of benzene rings is 2. The Kier molecular flexibility index (Phi) is 6.79. The first-order chi connectivity index (χ1) is 13.5. The number of amides is 1. The molecule has 1 amide bonds. The van der Waals surface area contributed by atoms with E-state index in [-0.39, 0.29) is 5.91 Å². The van der Waals surface area contributed by atoms with Crippen LogP contribution < -0.4 is 10.1 Å². The molecule has 0 aliphatic carbocycles. The predicted molar refractivity (Wildman–Crippen MR) is 113 cm³/mol. The standard InChI is InChI=1S/C22H22BrN3O2/c1-26(2)15-17-8-6-16(7-9-17)13-25-22(27)18-10-11-21(24-14-18)28-20-5-3-4-19(23)12-20/h3-12,14H,13,15H2,1-2H3,(H,25,27). The minimum atomic E-state index is -0.168. The summed E-state index contributed by atoms with van der Waals surface area (Å²) in [7, 11) is 4.08. The zero-order valence-electron chi connectivity index (χ0n) is 15.9. The fourth-order valence-corrected chi connectivity index (χ4v) is 3.02. The van der Waals surface area contributed by atoms with Crippen LogP contribution in [0.3, 0.4) is 0 Å². The molecule has 28 heavy (non-hydrogen) atoms. The molecule has 0 fully saturated rings. The van der Waals surface area contributed by atoms with Gasteiger partial charge in [-0.3, -0.25) is 4.79 Å². The maximum atomic E-state index is 12.3. The van der Waals surface area contributed by atoms with Crippen LogP contribution in [-0.2, 0) is 13.1 Å². The summed E-state index contributed by atoms with van der Waals surface area (Å²) in [5.74, 6) is 0.946. The fourth-order valence-electron chi connectivity index (χ4n) is 2.64. The predicted octanol–water partition coefficient (Wildman–Crippen LogP) is 4.63. The van der Waals surface area contributed by atoms with Crippen molar-refractivity contribution in [3.05, 3.63) is 88.0 Å². The van der Waals surface area contributed by atoms with E-state index in [0.29, 0.717) is 23.7 Å². The van der Waals surface area contributed by atoms with Gasteiger partial charge < -0.3 is 15.0 Å². The lowest BCUT2D eigenvalue weighted by Gasteiger charge is -2.10. The molecule has 0 aliphatic rings. The van der Waals surface area contributed by atoms with Crippen LogP contribution in [0.25, 0.3) is 0 Å². The van der Waals surface area contributed by atoms with Gasteiger partial charge in [-0.1, -0.05) is 46.3 Å². The molecule has 0 bridgehead atoms. The molecule has 3 rings (SSSR count). The number of hydrogen-bond donors (Lipinski definition) is 1. The van der Waals surface area contributed by atoms with Crippen molar-refractivity contribution in [3.8, 4) is 11.6 Å². The molecule has 1 heterocycles. The van der Waals surface area contributed by atoms with Crippen molar-refractivity contribution >= 4 is 21.8 Å². The van der Waals surface area contributed by atoms with E-state index in [9.17, 15) is 4.79 Å². The SMILES string of the molecule is CN(C)Cc1ccc(CNC(=O)c2ccc(Oc3cccc(Br)c3)nc2)cc1. The van der Waals surface area contributed by atoms with Crippen LogP contribution in [-0.4, -0.2) is 29.9 Å². The Morgan fingerprint density at radius 3 is 2.46 bits per heavy atom. The van der Waals surface area contributed by atoms with Crippen LogP contribution in [0.2, 0.25) is 0 Å². The molecule has 0 aliphatic heterocycles. The first-order valence-corrected chi connectivity index (χ1v) is 9.69. The van der Waals surface area contributed by atoms with E-state index in [0.717, 1.165) is 16.6 Å². The van der Waals surface area contributed by atoms with Gasteiger partial charge in [-0.15, -0.1) is 0 Å². The Morgan fingerprint density at radius 2 is 1.82 bits per heavy atom. The lowest BCUT2D eigenvalue weighted by molar-refractivity contribution is 0.0950. The van der Waals surface area contributed by atoms with Crippen LogP contribution >= 0.6 is 15.9 Å². The fraction of sp³-hybridized carbons (Fsp3) is 0.182. The molecule has 144 valence electrons. The van der Waals surface area contributed by atoms with E-state index in [1.165, 1.54) is 11.8 Å². The molecule has 0 atom stereocenters. The summed E-state index contributed by atoms with van der Waals surface area (Å²) >= 11 is 3.40. The highest BCUT2D eigenvalue weighted by atomic mass is 79.9. The number of nitrogens with one attached hydrogen (secondary N) is 1. The van der Waals surface area contributed by atoms with Gasteiger partial charge in [0.2, 0.25) is 5.88 Å². The van der Waals surface area contributed by atoms with E-state index < -0.39 is 0 Å².